The lowest BCUT2D eigenvalue weighted by Crippen LogP contribution is -2.21. The van der Waals surface area contributed by atoms with Gasteiger partial charge in [-0.1, -0.05) is 18.2 Å². The molecule has 2 aromatic rings. The van der Waals surface area contributed by atoms with Crippen LogP contribution < -0.4 is 16.0 Å². The van der Waals surface area contributed by atoms with E-state index in [0.717, 1.165) is 5.56 Å². The monoisotopic (exact) mass is 244 g/mol. The van der Waals surface area contributed by atoms with Crippen molar-refractivity contribution in [3.63, 3.8) is 0 Å². The highest BCUT2D eigenvalue weighted by molar-refractivity contribution is 5.56. The molecule has 0 aliphatic heterocycles. The molecule has 2 N–H and O–H groups in total. The van der Waals surface area contributed by atoms with Crippen LogP contribution >= 0.6 is 0 Å². The van der Waals surface area contributed by atoms with Gasteiger partial charge in [-0.15, -0.1) is 0 Å². The normalized spacial score (nSPS) is 10.3. The van der Waals surface area contributed by atoms with Gasteiger partial charge in [-0.3, -0.25) is 4.79 Å². The first-order valence-electron chi connectivity index (χ1n) is 5.82. The number of benzene rings is 1. The topological polar surface area (TPSA) is 57.2 Å². The summed E-state index contributed by atoms with van der Waals surface area (Å²) in [6.45, 7) is 2.87. The van der Waals surface area contributed by atoms with Gasteiger partial charge in [-0.05, 0) is 24.6 Å². The lowest BCUT2D eigenvalue weighted by Gasteiger charge is -2.12. The second-order valence-corrected chi connectivity index (χ2v) is 4.07. The Hall–Kier alpha value is -2.23. The molecule has 0 fully saturated rings. The second-order valence-electron chi connectivity index (χ2n) is 4.07. The number of nitrogens with two attached hydrogens (primary N) is 1. The van der Waals surface area contributed by atoms with Crippen LogP contribution in [0.3, 0.4) is 0 Å². The van der Waals surface area contributed by atoms with E-state index in [-0.39, 0.29) is 5.56 Å². The molecule has 1 heterocycles. The Labute approximate surface area is 106 Å². The number of nitrogens with zero attached hydrogens (tertiary/aromatic N) is 1. The van der Waals surface area contributed by atoms with Crippen molar-refractivity contribution in [3.8, 4) is 5.75 Å². The molecule has 18 heavy (non-hydrogen) atoms. The second kappa shape index (κ2) is 5.40. The zero-order chi connectivity index (χ0) is 13.0. The Morgan fingerprint density at radius 2 is 2.06 bits per heavy atom. The van der Waals surface area contributed by atoms with Crippen LogP contribution in [0.25, 0.3) is 0 Å². The van der Waals surface area contributed by atoms with E-state index in [9.17, 15) is 4.79 Å². The van der Waals surface area contributed by atoms with Crippen molar-refractivity contribution in [2.75, 3.05) is 12.3 Å². The van der Waals surface area contributed by atoms with Crippen LogP contribution in [0.5, 0.6) is 5.75 Å². The summed E-state index contributed by atoms with van der Waals surface area (Å²) in [6.07, 6.45) is 1.74. The maximum atomic E-state index is 11.5. The highest BCUT2D eigenvalue weighted by Gasteiger charge is 2.03. The molecule has 0 amide bonds. The number of nitrogen functional groups attached to an aromatic ring is 1. The predicted molar refractivity (Wildman–Crippen MR) is 71.8 cm³/mol. The van der Waals surface area contributed by atoms with Crippen molar-refractivity contribution in [2.45, 2.75) is 13.5 Å². The summed E-state index contributed by atoms with van der Waals surface area (Å²) in [7, 11) is 0. The van der Waals surface area contributed by atoms with E-state index in [2.05, 4.69) is 0 Å². The van der Waals surface area contributed by atoms with Crippen LogP contribution in [0, 0.1) is 6.92 Å². The molecule has 1 aromatic heterocycles. The van der Waals surface area contributed by atoms with Crippen LogP contribution in [0.2, 0.25) is 0 Å². The Morgan fingerprint density at radius 1 is 1.22 bits per heavy atom. The van der Waals surface area contributed by atoms with Crippen LogP contribution in [-0.2, 0) is 6.54 Å². The molecule has 0 aliphatic rings. The summed E-state index contributed by atoms with van der Waals surface area (Å²) < 4.78 is 7.25. The smallest absolute Gasteiger partial charge is 0.250 e. The van der Waals surface area contributed by atoms with E-state index in [1.165, 1.54) is 6.07 Å². The highest BCUT2D eigenvalue weighted by atomic mass is 16.5. The summed E-state index contributed by atoms with van der Waals surface area (Å²) in [5, 5.41) is 0. The Morgan fingerprint density at radius 3 is 2.78 bits per heavy atom. The van der Waals surface area contributed by atoms with Crippen molar-refractivity contribution < 1.29 is 4.74 Å². The third-order valence-corrected chi connectivity index (χ3v) is 2.72. The Balaban J connectivity index is 2.01. The number of anilines is 1. The van der Waals surface area contributed by atoms with Gasteiger partial charge in [-0.25, -0.2) is 0 Å². The first kappa shape index (κ1) is 12.2. The highest BCUT2D eigenvalue weighted by Crippen LogP contribution is 2.25. The van der Waals surface area contributed by atoms with Gasteiger partial charge >= 0.3 is 0 Å². The SMILES string of the molecule is Cc1cccc(N)c1OCCn1ccccc1=O. The first-order valence-corrected chi connectivity index (χ1v) is 5.82. The molecule has 0 atom stereocenters. The summed E-state index contributed by atoms with van der Waals surface area (Å²) in [5.41, 5.74) is 7.42. The fraction of sp³-hybridized carbons (Fsp3) is 0.214. The van der Waals surface area contributed by atoms with Crippen LogP contribution in [0.15, 0.2) is 47.4 Å². The number of aromatic nitrogens is 1. The van der Waals surface area contributed by atoms with Gasteiger partial charge in [0.15, 0.2) is 0 Å². The van der Waals surface area contributed by atoms with Crippen molar-refractivity contribution in [2.24, 2.45) is 0 Å². The summed E-state index contributed by atoms with van der Waals surface area (Å²) in [6, 6.07) is 10.7. The minimum Gasteiger partial charge on any atom is -0.489 e. The Bertz CT molecular complexity index is 570. The number of para-hydroxylation sites is 1. The number of hydrogen-bond donors (Lipinski definition) is 1. The van der Waals surface area contributed by atoms with Gasteiger partial charge in [0.05, 0.1) is 12.2 Å². The lowest BCUT2D eigenvalue weighted by atomic mass is 10.2. The van der Waals surface area contributed by atoms with E-state index in [4.69, 9.17) is 10.5 Å². The van der Waals surface area contributed by atoms with Crippen molar-refractivity contribution >= 4 is 5.69 Å². The first-order chi connectivity index (χ1) is 8.68. The van der Waals surface area contributed by atoms with Crippen molar-refractivity contribution in [1.29, 1.82) is 0 Å². The molecule has 1 aromatic carbocycles. The molecule has 0 unspecified atom stereocenters. The molecular formula is C14H16N2O2. The Kier molecular flexibility index (Phi) is 3.67. The van der Waals surface area contributed by atoms with Crippen molar-refractivity contribution in [1.82, 2.24) is 4.57 Å². The average Bonchev–Trinajstić information content (AvgIpc) is 2.35. The van der Waals surface area contributed by atoms with Gasteiger partial charge in [0.25, 0.3) is 5.56 Å². The zero-order valence-electron chi connectivity index (χ0n) is 10.3. The minimum absolute atomic E-state index is 0.0288. The van der Waals surface area contributed by atoms with E-state index in [0.29, 0.717) is 24.6 Å². The van der Waals surface area contributed by atoms with E-state index in [1.807, 2.05) is 25.1 Å². The minimum atomic E-state index is -0.0288. The molecule has 94 valence electrons. The van der Waals surface area contributed by atoms with Crippen LogP contribution in [-0.4, -0.2) is 11.2 Å². The van der Waals surface area contributed by atoms with Gasteiger partial charge in [0.1, 0.15) is 12.4 Å². The fourth-order valence-electron chi connectivity index (χ4n) is 1.76. The van der Waals surface area contributed by atoms with Crippen LogP contribution in [0.4, 0.5) is 5.69 Å². The quantitative estimate of drug-likeness (QED) is 0.835. The molecule has 0 saturated carbocycles. The van der Waals surface area contributed by atoms with Gasteiger partial charge in [0, 0.05) is 12.3 Å². The molecule has 0 bridgehead atoms. The molecule has 0 saturated heterocycles. The lowest BCUT2D eigenvalue weighted by molar-refractivity contribution is 0.296. The molecular weight excluding hydrogens is 228 g/mol. The molecule has 4 nitrogen and oxygen atoms in total. The van der Waals surface area contributed by atoms with E-state index < -0.39 is 0 Å². The number of rotatable bonds is 4. The third kappa shape index (κ3) is 2.71. The number of aryl methyl sites for hydroxylation is 1. The fourth-order valence-corrected chi connectivity index (χ4v) is 1.76. The summed E-state index contributed by atoms with van der Waals surface area (Å²) in [4.78, 5) is 11.5. The summed E-state index contributed by atoms with van der Waals surface area (Å²) >= 11 is 0. The van der Waals surface area contributed by atoms with Gasteiger partial charge < -0.3 is 15.0 Å². The maximum absolute atomic E-state index is 11.5. The molecule has 2 rings (SSSR count). The van der Waals surface area contributed by atoms with Crippen molar-refractivity contribution in [3.05, 3.63) is 58.5 Å². The van der Waals surface area contributed by atoms with E-state index in [1.54, 1.807) is 22.9 Å². The number of hydrogen-bond acceptors (Lipinski definition) is 3. The maximum Gasteiger partial charge on any atom is 0.250 e. The molecule has 0 radical (unpaired) electrons. The largest absolute Gasteiger partial charge is 0.489 e. The van der Waals surface area contributed by atoms with Gasteiger partial charge in [-0.2, -0.15) is 0 Å². The standard InChI is InChI=1S/C14H16N2O2/c1-11-5-4-6-12(15)14(11)18-10-9-16-8-3-2-7-13(16)17/h2-8H,9-10,15H2,1H3. The summed E-state index contributed by atoms with van der Waals surface area (Å²) in [5.74, 6) is 0.696. The molecule has 4 heteroatoms. The molecule has 0 spiro atoms. The number of ether oxygens (including phenoxy) is 1. The third-order valence-electron chi connectivity index (χ3n) is 2.72. The zero-order valence-corrected chi connectivity index (χ0v) is 10.3. The van der Waals surface area contributed by atoms with Gasteiger partial charge in [0.2, 0.25) is 0 Å². The van der Waals surface area contributed by atoms with E-state index >= 15 is 0 Å². The molecule has 0 aliphatic carbocycles. The van der Waals surface area contributed by atoms with Crippen LogP contribution in [0.1, 0.15) is 5.56 Å². The predicted octanol–water partition coefficient (Wildman–Crippen LogP) is 1.82. The number of pyridine rings is 1. The average molecular weight is 244 g/mol.